The van der Waals surface area contributed by atoms with Gasteiger partial charge in [0.15, 0.2) is 11.5 Å². The summed E-state index contributed by atoms with van der Waals surface area (Å²) in [7, 11) is -3.91. The van der Waals surface area contributed by atoms with Crippen molar-refractivity contribution in [1.29, 1.82) is 0 Å². The predicted molar refractivity (Wildman–Crippen MR) is 113 cm³/mol. The fourth-order valence-electron chi connectivity index (χ4n) is 4.01. The minimum atomic E-state index is -3.91. The Morgan fingerprint density at radius 3 is 2.52 bits per heavy atom. The summed E-state index contributed by atoms with van der Waals surface area (Å²) in [6, 6.07) is 10.7. The molecule has 0 unspecified atom stereocenters. The monoisotopic (exact) mass is 444 g/mol. The number of rotatable bonds is 6. The van der Waals surface area contributed by atoms with E-state index in [2.05, 4.69) is 5.32 Å². The Labute approximate surface area is 181 Å². The summed E-state index contributed by atoms with van der Waals surface area (Å²) >= 11 is 0. The van der Waals surface area contributed by atoms with Crippen molar-refractivity contribution in [2.45, 2.75) is 36.7 Å². The first kappa shape index (κ1) is 21.3. The number of carbonyl (C=O) groups is 2. The molecule has 0 radical (unpaired) electrons. The Morgan fingerprint density at radius 2 is 1.87 bits per heavy atom. The van der Waals surface area contributed by atoms with Gasteiger partial charge in [-0.2, -0.15) is 4.31 Å². The lowest BCUT2D eigenvalue weighted by molar-refractivity contribution is -0.127. The highest BCUT2D eigenvalue weighted by molar-refractivity contribution is 7.89. The molecular weight excluding hydrogens is 420 g/mol. The molecule has 0 bridgehead atoms. The van der Waals surface area contributed by atoms with Crippen molar-refractivity contribution < 1.29 is 27.5 Å². The largest absolute Gasteiger partial charge is 0.486 e. The summed E-state index contributed by atoms with van der Waals surface area (Å²) in [5.41, 5.74) is 1.40. The van der Waals surface area contributed by atoms with Gasteiger partial charge in [-0.15, -0.1) is 0 Å². The lowest BCUT2D eigenvalue weighted by atomic mass is 10.0. The molecule has 4 rings (SSSR count). The van der Waals surface area contributed by atoms with Gasteiger partial charge in [0.1, 0.15) is 25.5 Å². The van der Waals surface area contributed by atoms with Crippen LogP contribution in [0.5, 0.6) is 11.5 Å². The van der Waals surface area contributed by atoms with Crippen molar-refractivity contribution in [2.24, 2.45) is 0 Å². The van der Waals surface area contributed by atoms with Crippen molar-refractivity contribution >= 4 is 22.2 Å². The minimum absolute atomic E-state index is 0.124. The number of carbonyl (C=O) groups excluding carboxylic acids is 2. The Balaban J connectivity index is 1.60. The number of benzene rings is 2. The number of amides is 1. The van der Waals surface area contributed by atoms with Crippen LogP contribution in [0.3, 0.4) is 0 Å². The summed E-state index contributed by atoms with van der Waals surface area (Å²) in [6.07, 6.45) is 1.19. The maximum atomic E-state index is 13.3. The van der Waals surface area contributed by atoms with Crippen molar-refractivity contribution in [3.63, 3.8) is 0 Å². The molecule has 164 valence electrons. The number of likely N-dealkylation sites (N-methyl/N-ethyl adjacent to an activating group) is 1. The topological polar surface area (TPSA) is 102 Å². The summed E-state index contributed by atoms with van der Waals surface area (Å²) in [4.78, 5) is 24.8. The van der Waals surface area contributed by atoms with Crippen LogP contribution in [0.25, 0.3) is 0 Å². The van der Waals surface area contributed by atoms with Crippen LogP contribution in [-0.4, -0.2) is 56.8 Å². The molecule has 2 aromatic carbocycles. The SMILES string of the molecule is CCN1[C@H](C(=O)N[C@H](C=O)Cc2ccccc2)Cc2cc3c(cc2S1(=O)=O)OCCO3. The molecule has 0 spiro atoms. The first-order valence-corrected chi connectivity index (χ1v) is 11.6. The zero-order valence-corrected chi connectivity index (χ0v) is 17.9. The highest BCUT2D eigenvalue weighted by atomic mass is 32.2. The highest BCUT2D eigenvalue weighted by Gasteiger charge is 2.42. The number of ether oxygens (including phenoxy) is 2. The quantitative estimate of drug-likeness (QED) is 0.675. The standard InChI is InChI=1S/C22H24N2O6S/c1-2-24-18(22(26)23-17(14-25)10-15-6-4-3-5-7-15)11-16-12-19-20(30-9-8-29-19)13-21(16)31(24,27)28/h3-7,12-14,17-18H,2,8-11H2,1H3,(H,23,26)/t17-,18-/m0/s1. The average Bonchev–Trinajstić information content (AvgIpc) is 2.77. The van der Waals surface area contributed by atoms with E-state index < -0.39 is 28.0 Å². The van der Waals surface area contributed by atoms with Crippen LogP contribution in [0, 0.1) is 0 Å². The first-order valence-electron chi connectivity index (χ1n) is 10.2. The normalized spacial score (nSPS) is 20.4. The number of nitrogens with zero attached hydrogens (tertiary/aromatic N) is 1. The van der Waals surface area contributed by atoms with Crippen LogP contribution >= 0.6 is 0 Å². The zero-order chi connectivity index (χ0) is 22.0. The van der Waals surface area contributed by atoms with Gasteiger partial charge in [0.2, 0.25) is 15.9 Å². The fourth-order valence-corrected chi connectivity index (χ4v) is 5.84. The van der Waals surface area contributed by atoms with Crippen LogP contribution in [0.15, 0.2) is 47.4 Å². The lowest BCUT2D eigenvalue weighted by Crippen LogP contribution is -2.55. The summed E-state index contributed by atoms with van der Waals surface area (Å²) in [6.45, 7) is 2.54. The maximum absolute atomic E-state index is 13.3. The van der Waals surface area contributed by atoms with E-state index in [0.717, 1.165) is 5.56 Å². The van der Waals surface area contributed by atoms with Crippen LogP contribution in [0.4, 0.5) is 0 Å². The van der Waals surface area contributed by atoms with Crippen molar-refractivity contribution in [3.05, 3.63) is 53.6 Å². The van der Waals surface area contributed by atoms with Crippen LogP contribution < -0.4 is 14.8 Å². The molecule has 2 aliphatic heterocycles. The molecule has 2 heterocycles. The van der Waals surface area contributed by atoms with Gasteiger partial charge in [0.25, 0.3) is 0 Å². The Morgan fingerprint density at radius 1 is 1.19 bits per heavy atom. The van der Waals surface area contributed by atoms with Crippen LogP contribution in [0.1, 0.15) is 18.1 Å². The van der Waals surface area contributed by atoms with E-state index >= 15 is 0 Å². The van der Waals surface area contributed by atoms with Gasteiger partial charge in [-0.05, 0) is 30.0 Å². The van der Waals surface area contributed by atoms with E-state index in [9.17, 15) is 18.0 Å². The van der Waals surface area contributed by atoms with Crippen LogP contribution in [-0.2, 0) is 32.5 Å². The highest BCUT2D eigenvalue weighted by Crippen LogP contribution is 2.39. The summed E-state index contributed by atoms with van der Waals surface area (Å²) in [5.74, 6) is 0.356. The van der Waals surface area contributed by atoms with Gasteiger partial charge in [-0.3, -0.25) is 4.79 Å². The van der Waals surface area contributed by atoms with Crippen molar-refractivity contribution in [1.82, 2.24) is 9.62 Å². The molecular formula is C22H24N2O6S. The Bertz CT molecular complexity index is 1090. The molecule has 2 aliphatic rings. The predicted octanol–water partition coefficient (Wildman–Crippen LogP) is 1.32. The molecule has 2 aromatic rings. The second kappa shape index (κ2) is 8.68. The molecule has 0 fully saturated rings. The van der Waals surface area contributed by atoms with E-state index in [-0.39, 0.29) is 17.9 Å². The maximum Gasteiger partial charge on any atom is 0.244 e. The Kier molecular flexibility index (Phi) is 5.97. The molecule has 0 saturated carbocycles. The average molecular weight is 445 g/mol. The second-order valence-electron chi connectivity index (χ2n) is 7.47. The minimum Gasteiger partial charge on any atom is -0.486 e. The molecule has 31 heavy (non-hydrogen) atoms. The molecule has 0 aromatic heterocycles. The van der Waals surface area contributed by atoms with Crippen molar-refractivity contribution in [2.75, 3.05) is 19.8 Å². The number of hydrogen-bond donors (Lipinski definition) is 1. The summed E-state index contributed by atoms with van der Waals surface area (Å²) in [5, 5.41) is 2.71. The number of nitrogens with one attached hydrogen (secondary N) is 1. The Hall–Kier alpha value is -2.91. The van der Waals surface area contributed by atoms with E-state index in [1.54, 1.807) is 13.0 Å². The molecule has 0 saturated heterocycles. The number of hydrogen-bond acceptors (Lipinski definition) is 6. The molecule has 1 N–H and O–H groups in total. The third-order valence-electron chi connectivity index (χ3n) is 5.48. The van der Waals surface area contributed by atoms with E-state index in [1.807, 2.05) is 30.3 Å². The van der Waals surface area contributed by atoms with Crippen molar-refractivity contribution in [3.8, 4) is 11.5 Å². The third kappa shape index (κ3) is 4.15. The van der Waals surface area contributed by atoms with Gasteiger partial charge in [-0.1, -0.05) is 37.3 Å². The van der Waals surface area contributed by atoms with Gasteiger partial charge in [0, 0.05) is 12.6 Å². The summed E-state index contributed by atoms with van der Waals surface area (Å²) < 4.78 is 38.8. The molecule has 9 heteroatoms. The van der Waals surface area contributed by atoms with E-state index in [0.29, 0.717) is 43.0 Å². The lowest BCUT2D eigenvalue weighted by Gasteiger charge is -2.35. The van der Waals surface area contributed by atoms with E-state index in [1.165, 1.54) is 10.4 Å². The zero-order valence-electron chi connectivity index (χ0n) is 17.1. The van der Waals surface area contributed by atoms with E-state index in [4.69, 9.17) is 9.47 Å². The van der Waals surface area contributed by atoms with Crippen LogP contribution in [0.2, 0.25) is 0 Å². The van der Waals surface area contributed by atoms with Gasteiger partial charge >= 0.3 is 0 Å². The third-order valence-corrected chi connectivity index (χ3v) is 7.54. The smallest absolute Gasteiger partial charge is 0.244 e. The molecule has 0 aliphatic carbocycles. The van der Waals surface area contributed by atoms with Gasteiger partial charge in [-0.25, -0.2) is 8.42 Å². The number of fused-ring (bicyclic) bond motifs is 2. The molecule has 8 nitrogen and oxygen atoms in total. The second-order valence-corrected chi connectivity index (χ2v) is 9.33. The van der Waals surface area contributed by atoms with Gasteiger partial charge in [0.05, 0.1) is 10.9 Å². The molecule has 2 atom stereocenters. The number of sulfonamides is 1. The fraction of sp³-hybridized carbons (Fsp3) is 0.364. The number of aldehydes is 1. The van der Waals surface area contributed by atoms with Gasteiger partial charge < -0.3 is 19.6 Å². The first-order chi connectivity index (χ1) is 14.9. The molecule has 1 amide bonds.